The number of hydrogen-bond donors (Lipinski definition) is 1. The van der Waals surface area contributed by atoms with E-state index in [4.69, 9.17) is 10.5 Å². The van der Waals surface area contributed by atoms with Gasteiger partial charge in [0.2, 0.25) is 0 Å². The van der Waals surface area contributed by atoms with Crippen LogP contribution in [-0.4, -0.2) is 17.1 Å². The lowest BCUT2D eigenvalue weighted by Gasteiger charge is -2.31. The Kier molecular flexibility index (Phi) is 5.14. The van der Waals surface area contributed by atoms with Crippen LogP contribution in [0.2, 0.25) is 0 Å². The smallest absolute Gasteiger partial charge is 0.0980 e. The summed E-state index contributed by atoms with van der Waals surface area (Å²) in [5, 5.41) is 0. The lowest BCUT2D eigenvalue weighted by molar-refractivity contribution is -0.0437. The summed E-state index contributed by atoms with van der Waals surface area (Å²) in [5.74, 6) is 0. The van der Waals surface area contributed by atoms with Crippen molar-refractivity contribution in [3.8, 4) is 0 Å². The second kappa shape index (κ2) is 6.86. The maximum absolute atomic E-state index is 6.28. The third kappa shape index (κ3) is 3.53. The molecule has 1 aromatic rings. The van der Waals surface area contributed by atoms with Crippen molar-refractivity contribution >= 4 is 0 Å². The largest absolute Gasteiger partial charge is 0.369 e. The van der Waals surface area contributed by atoms with Crippen molar-refractivity contribution < 1.29 is 4.74 Å². The highest BCUT2D eigenvalue weighted by atomic mass is 16.5. The number of hydrogen-bond acceptors (Lipinski definition) is 3. The van der Waals surface area contributed by atoms with Gasteiger partial charge < -0.3 is 10.5 Å². The van der Waals surface area contributed by atoms with Crippen LogP contribution in [0.5, 0.6) is 0 Å². The van der Waals surface area contributed by atoms with Crippen molar-refractivity contribution in [3.05, 3.63) is 30.1 Å². The molecule has 2 unspecified atom stereocenters. The zero-order valence-corrected chi connectivity index (χ0v) is 11.2. The van der Waals surface area contributed by atoms with E-state index in [9.17, 15) is 0 Å². The summed E-state index contributed by atoms with van der Waals surface area (Å²) in [5.41, 5.74) is 7.38. The Morgan fingerprint density at radius 2 is 1.94 bits per heavy atom. The molecule has 1 aliphatic rings. The summed E-state index contributed by atoms with van der Waals surface area (Å²) in [6.45, 7) is 2.11. The molecule has 0 spiro atoms. The highest BCUT2D eigenvalue weighted by Crippen LogP contribution is 2.29. The van der Waals surface area contributed by atoms with E-state index in [1.54, 1.807) is 0 Å². The Hall–Kier alpha value is -0.930. The van der Waals surface area contributed by atoms with Gasteiger partial charge in [0.1, 0.15) is 0 Å². The third-order valence-electron chi connectivity index (χ3n) is 3.79. The van der Waals surface area contributed by atoms with Crippen molar-refractivity contribution in [2.75, 3.05) is 0 Å². The Balaban J connectivity index is 2.05. The fourth-order valence-electron chi connectivity index (χ4n) is 2.60. The molecule has 1 aromatic heterocycles. The molecule has 0 amide bonds. The van der Waals surface area contributed by atoms with Gasteiger partial charge in [-0.3, -0.25) is 4.98 Å². The van der Waals surface area contributed by atoms with Crippen LogP contribution in [0.1, 0.15) is 57.1 Å². The van der Waals surface area contributed by atoms with Crippen LogP contribution in [0.15, 0.2) is 24.5 Å². The van der Waals surface area contributed by atoms with Gasteiger partial charge in [-0.05, 0) is 37.0 Å². The molecule has 18 heavy (non-hydrogen) atoms. The van der Waals surface area contributed by atoms with Gasteiger partial charge in [-0.25, -0.2) is 0 Å². The molecule has 1 aliphatic carbocycles. The zero-order chi connectivity index (χ0) is 12.8. The number of nitrogens with two attached hydrogens (primary N) is 1. The SMILES string of the molecule is CCC(N)C(OC1CCCCC1)c1ccncc1. The first kappa shape index (κ1) is 13.5. The van der Waals surface area contributed by atoms with Crippen molar-refractivity contribution in [1.29, 1.82) is 0 Å². The minimum atomic E-state index is 0.0149. The highest BCUT2D eigenvalue weighted by Gasteiger charge is 2.24. The van der Waals surface area contributed by atoms with E-state index in [1.807, 2.05) is 24.5 Å². The summed E-state index contributed by atoms with van der Waals surface area (Å²) in [6.07, 6.45) is 11.2. The predicted molar refractivity (Wildman–Crippen MR) is 73.2 cm³/mol. The summed E-state index contributed by atoms with van der Waals surface area (Å²) < 4.78 is 6.28. The van der Waals surface area contributed by atoms with Crippen LogP contribution >= 0.6 is 0 Å². The van der Waals surface area contributed by atoms with Crippen LogP contribution in [0.25, 0.3) is 0 Å². The van der Waals surface area contributed by atoms with E-state index in [-0.39, 0.29) is 12.1 Å². The lowest BCUT2D eigenvalue weighted by atomic mass is 9.96. The van der Waals surface area contributed by atoms with E-state index in [1.165, 1.54) is 32.1 Å². The van der Waals surface area contributed by atoms with Crippen LogP contribution in [0, 0.1) is 0 Å². The summed E-state index contributed by atoms with van der Waals surface area (Å²) in [7, 11) is 0. The fraction of sp³-hybridized carbons (Fsp3) is 0.667. The second-order valence-electron chi connectivity index (χ2n) is 5.17. The van der Waals surface area contributed by atoms with E-state index in [0.717, 1.165) is 12.0 Å². The normalized spacial score (nSPS) is 20.6. The monoisotopic (exact) mass is 248 g/mol. The molecule has 1 fully saturated rings. The second-order valence-corrected chi connectivity index (χ2v) is 5.17. The molecule has 1 saturated carbocycles. The van der Waals surface area contributed by atoms with Crippen molar-refractivity contribution in [2.24, 2.45) is 5.73 Å². The maximum atomic E-state index is 6.28. The molecule has 2 atom stereocenters. The van der Waals surface area contributed by atoms with Gasteiger partial charge in [0.15, 0.2) is 0 Å². The van der Waals surface area contributed by atoms with E-state index >= 15 is 0 Å². The number of rotatable bonds is 5. The van der Waals surface area contributed by atoms with Gasteiger partial charge in [0.05, 0.1) is 12.2 Å². The van der Waals surface area contributed by atoms with Crippen molar-refractivity contribution in [2.45, 2.75) is 63.7 Å². The molecule has 100 valence electrons. The van der Waals surface area contributed by atoms with Gasteiger partial charge in [-0.15, -0.1) is 0 Å². The van der Waals surface area contributed by atoms with Crippen LogP contribution in [-0.2, 0) is 4.74 Å². The molecule has 2 rings (SSSR count). The topological polar surface area (TPSA) is 48.1 Å². The van der Waals surface area contributed by atoms with Crippen molar-refractivity contribution in [3.63, 3.8) is 0 Å². The third-order valence-corrected chi connectivity index (χ3v) is 3.79. The van der Waals surface area contributed by atoms with Gasteiger partial charge in [-0.2, -0.15) is 0 Å². The fourth-order valence-corrected chi connectivity index (χ4v) is 2.60. The minimum Gasteiger partial charge on any atom is -0.369 e. The molecule has 0 aromatic carbocycles. The van der Waals surface area contributed by atoms with Crippen LogP contribution in [0.4, 0.5) is 0 Å². The molecule has 0 aliphatic heterocycles. The Morgan fingerprint density at radius 3 is 2.56 bits per heavy atom. The van der Waals surface area contributed by atoms with Crippen molar-refractivity contribution in [1.82, 2.24) is 4.98 Å². The molecule has 0 saturated heterocycles. The van der Waals surface area contributed by atoms with Gasteiger partial charge >= 0.3 is 0 Å². The quantitative estimate of drug-likeness (QED) is 0.870. The molecular formula is C15H24N2O. The predicted octanol–water partition coefficient (Wildman–Crippen LogP) is 3.21. The first-order valence-electron chi connectivity index (χ1n) is 7.12. The molecule has 0 radical (unpaired) electrons. The molecule has 2 N–H and O–H groups in total. The molecule has 1 heterocycles. The summed E-state index contributed by atoms with van der Waals surface area (Å²) >= 11 is 0. The van der Waals surface area contributed by atoms with E-state index in [0.29, 0.717) is 6.10 Å². The summed E-state index contributed by atoms with van der Waals surface area (Å²) in [6, 6.07) is 4.10. The maximum Gasteiger partial charge on any atom is 0.0980 e. The minimum absolute atomic E-state index is 0.0149. The molecule has 0 bridgehead atoms. The lowest BCUT2D eigenvalue weighted by Crippen LogP contribution is -2.33. The summed E-state index contributed by atoms with van der Waals surface area (Å²) in [4.78, 5) is 4.06. The zero-order valence-electron chi connectivity index (χ0n) is 11.2. The van der Waals surface area contributed by atoms with Gasteiger partial charge in [0.25, 0.3) is 0 Å². The first-order valence-corrected chi connectivity index (χ1v) is 7.12. The van der Waals surface area contributed by atoms with Gasteiger partial charge in [-0.1, -0.05) is 26.2 Å². The number of ether oxygens (including phenoxy) is 1. The average molecular weight is 248 g/mol. The standard InChI is InChI=1S/C15H24N2O/c1-2-14(16)15(12-8-10-17-11-9-12)18-13-6-4-3-5-7-13/h8-11,13-15H,2-7,16H2,1H3. The van der Waals surface area contributed by atoms with Crippen LogP contribution < -0.4 is 5.73 Å². The number of pyridine rings is 1. The Morgan fingerprint density at radius 1 is 1.28 bits per heavy atom. The van der Waals surface area contributed by atoms with Gasteiger partial charge in [0, 0.05) is 18.4 Å². The molecular weight excluding hydrogens is 224 g/mol. The Labute approximate surface area is 110 Å². The highest BCUT2D eigenvalue weighted by molar-refractivity contribution is 5.15. The number of nitrogens with zero attached hydrogens (tertiary/aromatic N) is 1. The average Bonchev–Trinajstić information content (AvgIpc) is 2.46. The first-order chi connectivity index (χ1) is 8.81. The Bertz CT molecular complexity index is 336. The van der Waals surface area contributed by atoms with E-state index < -0.39 is 0 Å². The van der Waals surface area contributed by atoms with Crippen LogP contribution in [0.3, 0.4) is 0 Å². The molecule has 3 nitrogen and oxygen atoms in total. The van der Waals surface area contributed by atoms with E-state index in [2.05, 4.69) is 11.9 Å². The number of aromatic nitrogens is 1. The molecule has 3 heteroatoms.